The summed E-state index contributed by atoms with van der Waals surface area (Å²) in [6.45, 7) is 2.61. The zero-order valence-electron chi connectivity index (χ0n) is 24.0. The molecule has 1 aliphatic carbocycles. The van der Waals surface area contributed by atoms with Crippen LogP contribution in [0.15, 0.2) is 48.8 Å². The molecule has 43 heavy (non-hydrogen) atoms. The lowest BCUT2D eigenvalue weighted by Gasteiger charge is -2.31. The summed E-state index contributed by atoms with van der Waals surface area (Å²) in [6, 6.07) is 10.9. The van der Waals surface area contributed by atoms with Crippen LogP contribution in [0, 0.1) is 11.7 Å². The molecule has 7 rings (SSSR count). The van der Waals surface area contributed by atoms with Crippen molar-refractivity contribution in [2.75, 3.05) is 30.4 Å². The molecule has 1 amide bonds. The second-order valence-corrected chi connectivity index (χ2v) is 11.9. The van der Waals surface area contributed by atoms with Gasteiger partial charge in [-0.15, -0.1) is 0 Å². The van der Waals surface area contributed by atoms with Crippen molar-refractivity contribution in [2.45, 2.75) is 57.6 Å². The summed E-state index contributed by atoms with van der Waals surface area (Å²) in [5, 5.41) is 10.5. The quantitative estimate of drug-likeness (QED) is 0.310. The highest BCUT2D eigenvalue weighted by atomic mass is 19.1. The average molecular weight is 583 g/mol. The maximum absolute atomic E-state index is 15.2. The van der Waals surface area contributed by atoms with E-state index in [-0.39, 0.29) is 18.1 Å². The van der Waals surface area contributed by atoms with Crippen LogP contribution in [0.25, 0.3) is 11.4 Å². The van der Waals surface area contributed by atoms with E-state index in [1.807, 2.05) is 6.07 Å². The van der Waals surface area contributed by atoms with Gasteiger partial charge < -0.3 is 25.0 Å². The van der Waals surface area contributed by atoms with Crippen LogP contribution in [0.5, 0.6) is 0 Å². The topological polar surface area (TPSA) is 119 Å². The van der Waals surface area contributed by atoms with E-state index in [9.17, 15) is 9.90 Å². The molecular formula is C33H35FN6O3. The number of halogens is 1. The first-order chi connectivity index (χ1) is 21.0. The van der Waals surface area contributed by atoms with Gasteiger partial charge in [-0.3, -0.25) is 4.79 Å². The lowest BCUT2D eigenvalue weighted by Crippen LogP contribution is -2.39. The summed E-state index contributed by atoms with van der Waals surface area (Å²) in [5.74, 6) is 1.03. The molecule has 2 aromatic heterocycles. The highest BCUT2D eigenvalue weighted by Crippen LogP contribution is 2.42. The van der Waals surface area contributed by atoms with E-state index >= 15 is 4.39 Å². The lowest BCUT2D eigenvalue weighted by atomic mass is 9.93. The van der Waals surface area contributed by atoms with Gasteiger partial charge in [-0.1, -0.05) is 18.2 Å². The SMILES string of the molecule is Nc1nc(Cc2ccn(CC3CCOCC3)c2)nc(-c2cccc(N3CCc4cc(C5CC5)cc(F)c4C3=O)c2CO)n1. The van der Waals surface area contributed by atoms with Crippen molar-refractivity contribution >= 4 is 17.5 Å². The molecular weight excluding hydrogens is 547 g/mol. The number of carbonyl (C=O) groups is 1. The third kappa shape index (κ3) is 5.64. The van der Waals surface area contributed by atoms with Crippen LogP contribution in [-0.2, 0) is 30.7 Å². The van der Waals surface area contributed by atoms with Gasteiger partial charge in [0.1, 0.15) is 11.6 Å². The maximum Gasteiger partial charge on any atom is 0.261 e. The molecule has 9 nitrogen and oxygen atoms in total. The summed E-state index contributed by atoms with van der Waals surface area (Å²) in [7, 11) is 0. The smallest absolute Gasteiger partial charge is 0.261 e. The number of benzene rings is 2. The molecule has 3 N–H and O–H groups in total. The molecule has 222 valence electrons. The summed E-state index contributed by atoms with van der Waals surface area (Å²) < 4.78 is 22.9. The van der Waals surface area contributed by atoms with E-state index in [1.165, 1.54) is 6.07 Å². The Bertz CT molecular complexity index is 1680. The van der Waals surface area contributed by atoms with Gasteiger partial charge in [0.2, 0.25) is 5.95 Å². The van der Waals surface area contributed by atoms with Gasteiger partial charge in [-0.05, 0) is 78.8 Å². The van der Waals surface area contributed by atoms with Gasteiger partial charge >= 0.3 is 0 Å². The number of aliphatic hydroxyl groups is 1. The second kappa shape index (κ2) is 11.5. The Kier molecular flexibility index (Phi) is 7.40. The second-order valence-electron chi connectivity index (χ2n) is 11.9. The molecule has 2 fully saturated rings. The molecule has 4 aromatic rings. The van der Waals surface area contributed by atoms with Crippen LogP contribution in [0.3, 0.4) is 0 Å². The Morgan fingerprint density at radius 3 is 2.70 bits per heavy atom. The van der Waals surface area contributed by atoms with Crippen molar-refractivity contribution in [2.24, 2.45) is 5.92 Å². The molecule has 0 radical (unpaired) electrons. The number of nitrogens with zero attached hydrogens (tertiary/aromatic N) is 5. The minimum absolute atomic E-state index is 0.0763. The predicted molar refractivity (Wildman–Crippen MR) is 160 cm³/mol. The standard InChI is InChI=1S/C33H35FN6O3/c34-27-16-24(22-4-5-22)15-23-7-11-40(32(42)30(23)27)28-3-1-2-25(26(28)19-41)31-36-29(37-33(35)38-31)14-21-6-10-39(18-21)17-20-8-12-43-13-9-20/h1-3,6,10,15-16,18,20,22,41H,4-5,7-9,11-14,17,19H2,(H2,35,36,37,38). The minimum atomic E-state index is -0.479. The number of ether oxygens (including phenoxy) is 1. The van der Waals surface area contributed by atoms with Gasteiger partial charge in [0, 0.05) is 56.2 Å². The fourth-order valence-electron chi connectivity index (χ4n) is 6.43. The molecule has 0 spiro atoms. The number of nitrogen functional groups attached to an aromatic ring is 1. The van der Waals surface area contributed by atoms with E-state index < -0.39 is 11.7 Å². The van der Waals surface area contributed by atoms with Gasteiger partial charge in [-0.25, -0.2) is 9.37 Å². The molecule has 1 saturated carbocycles. The van der Waals surface area contributed by atoms with Gasteiger partial charge in [0.15, 0.2) is 5.82 Å². The summed E-state index contributed by atoms with van der Waals surface area (Å²) >= 11 is 0. The number of anilines is 2. The van der Waals surface area contributed by atoms with Gasteiger partial charge in [0.25, 0.3) is 5.91 Å². The summed E-state index contributed by atoms with van der Waals surface area (Å²) in [5.41, 5.74) is 10.6. The Morgan fingerprint density at radius 1 is 1.07 bits per heavy atom. The van der Waals surface area contributed by atoms with Crippen LogP contribution < -0.4 is 10.6 Å². The molecule has 1 saturated heterocycles. The van der Waals surface area contributed by atoms with E-state index in [0.717, 1.165) is 62.1 Å². The average Bonchev–Trinajstić information content (AvgIpc) is 3.77. The Balaban J connectivity index is 1.15. The third-order valence-corrected chi connectivity index (χ3v) is 8.83. The largest absolute Gasteiger partial charge is 0.392 e. The van der Waals surface area contributed by atoms with E-state index in [0.29, 0.717) is 59.7 Å². The first kappa shape index (κ1) is 27.7. The number of aliphatic hydroxyl groups excluding tert-OH is 1. The van der Waals surface area contributed by atoms with Gasteiger partial charge in [0.05, 0.1) is 17.9 Å². The highest BCUT2D eigenvalue weighted by molar-refractivity contribution is 6.09. The number of aromatic nitrogens is 4. The van der Waals surface area contributed by atoms with E-state index in [4.69, 9.17) is 15.5 Å². The molecule has 3 aliphatic rings. The van der Waals surface area contributed by atoms with Crippen molar-refractivity contribution in [1.82, 2.24) is 19.5 Å². The maximum atomic E-state index is 15.2. The molecule has 0 unspecified atom stereocenters. The van der Waals surface area contributed by atoms with E-state index in [2.05, 4.69) is 33.0 Å². The Labute approximate surface area is 249 Å². The van der Waals surface area contributed by atoms with Crippen LogP contribution >= 0.6 is 0 Å². The Hall–Kier alpha value is -4.15. The minimum Gasteiger partial charge on any atom is -0.392 e. The number of nitrogens with two attached hydrogens (primary N) is 1. The van der Waals surface area contributed by atoms with E-state index in [1.54, 1.807) is 23.1 Å². The number of carbonyl (C=O) groups excluding carboxylic acids is 1. The normalized spacial score (nSPS) is 17.3. The highest BCUT2D eigenvalue weighted by Gasteiger charge is 2.33. The number of hydrogen-bond donors (Lipinski definition) is 2. The Morgan fingerprint density at radius 2 is 1.91 bits per heavy atom. The number of amides is 1. The number of fused-ring (bicyclic) bond motifs is 1. The monoisotopic (exact) mass is 582 g/mol. The predicted octanol–water partition coefficient (Wildman–Crippen LogP) is 4.65. The fraction of sp³-hybridized carbons (Fsp3) is 0.394. The fourth-order valence-corrected chi connectivity index (χ4v) is 6.43. The number of rotatable bonds is 8. The summed E-state index contributed by atoms with van der Waals surface area (Å²) in [4.78, 5) is 28.7. The zero-order valence-corrected chi connectivity index (χ0v) is 24.0. The molecule has 0 bridgehead atoms. The molecule has 4 heterocycles. The molecule has 0 atom stereocenters. The number of hydrogen-bond acceptors (Lipinski definition) is 7. The van der Waals surface area contributed by atoms with Crippen molar-refractivity contribution in [1.29, 1.82) is 0 Å². The lowest BCUT2D eigenvalue weighted by molar-refractivity contribution is 0.0613. The third-order valence-electron chi connectivity index (χ3n) is 8.83. The molecule has 2 aliphatic heterocycles. The molecule has 10 heteroatoms. The van der Waals surface area contributed by atoms with Crippen LogP contribution in [0.4, 0.5) is 16.0 Å². The van der Waals surface area contributed by atoms with Crippen molar-refractivity contribution in [3.8, 4) is 11.4 Å². The van der Waals surface area contributed by atoms with Crippen molar-refractivity contribution in [3.05, 3.63) is 88.3 Å². The van der Waals surface area contributed by atoms with Crippen LogP contribution in [0.2, 0.25) is 0 Å². The zero-order chi connectivity index (χ0) is 29.5. The first-order valence-corrected chi connectivity index (χ1v) is 15.1. The first-order valence-electron chi connectivity index (χ1n) is 15.1. The van der Waals surface area contributed by atoms with Crippen molar-refractivity contribution < 1.29 is 19.0 Å². The van der Waals surface area contributed by atoms with Gasteiger partial charge in [-0.2, -0.15) is 9.97 Å². The van der Waals surface area contributed by atoms with Crippen molar-refractivity contribution in [3.63, 3.8) is 0 Å². The summed E-state index contributed by atoms with van der Waals surface area (Å²) in [6.07, 6.45) is 9.46. The molecule has 2 aromatic carbocycles. The van der Waals surface area contributed by atoms with Crippen LogP contribution in [0.1, 0.15) is 70.0 Å². The van der Waals surface area contributed by atoms with Crippen LogP contribution in [-0.4, -0.2) is 50.3 Å².